The fourth-order valence-electron chi connectivity index (χ4n) is 3.29. The number of nitrogens with one attached hydrogen (secondary N) is 1. The molecule has 1 unspecified atom stereocenters. The van der Waals surface area contributed by atoms with Gasteiger partial charge in [0.15, 0.2) is 0 Å². The SMILES string of the molecule is CCOc1ccc(C(C)NCC2(CC)CCCC2)cc1. The molecule has 0 amide bonds. The van der Waals surface area contributed by atoms with Crippen LogP contribution < -0.4 is 10.1 Å². The second kappa shape index (κ2) is 7.12. The molecule has 1 aliphatic rings. The van der Waals surface area contributed by atoms with Crippen molar-refractivity contribution in [3.05, 3.63) is 29.8 Å². The lowest BCUT2D eigenvalue weighted by molar-refractivity contribution is 0.259. The molecule has 1 aliphatic carbocycles. The lowest BCUT2D eigenvalue weighted by atomic mass is 9.83. The van der Waals surface area contributed by atoms with E-state index in [9.17, 15) is 0 Å². The molecule has 0 bridgehead atoms. The third-order valence-electron chi connectivity index (χ3n) is 4.89. The van der Waals surface area contributed by atoms with Crippen LogP contribution in [0, 0.1) is 5.41 Å². The Morgan fingerprint density at radius 1 is 1.15 bits per heavy atom. The highest BCUT2D eigenvalue weighted by Gasteiger charge is 2.31. The molecule has 1 aromatic carbocycles. The maximum Gasteiger partial charge on any atom is 0.119 e. The molecular formula is C18H29NO. The average molecular weight is 275 g/mol. The van der Waals surface area contributed by atoms with Crippen LogP contribution in [0.1, 0.15) is 64.5 Å². The summed E-state index contributed by atoms with van der Waals surface area (Å²) in [5.74, 6) is 0.962. The lowest BCUT2D eigenvalue weighted by Crippen LogP contribution is -2.33. The molecule has 1 saturated carbocycles. The van der Waals surface area contributed by atoms with Crippen molar-refractivity contribution in [2.45, 2.75) is 58.9 Å². The molecule has 0 aromatic heterocycles. The third-order valence-corrected chi connectivity index (χ3v) is 4.89. The van der Waals surface area contributed by atoms with Gasteiger partial charge < -0.3 is 10.1 Å². The van der Waals surface area contributed by atoms with E-state index in [0.29, 0.717) is 11.5 Å². The molecule has 0 aliphatic heterocycles. The predicted octanol–water partition coefficient (Wildman–Crippen LogP) is 4.71. The number of ether oxygens (including phenoxy) is 1. The van der Waals surface area contributed by atoms with Gasteiger partial charge in [0.05, 0.1) is 6.61 Å². The third kappa shape index (κ3) is 3.76. The van der Waals surface area contributed by atoms with Gasteiger partial charge in [0.25, 0.3) is 0 Å². The fraction of sp³-hybridized carbons (Fsp3) is 0.667. The van der Waals surface area contributed by atoms with Gasteiger partial charge in [0, 0.05) is 12.6 Å². The van der Waals surface area contributed by atoms with E-state index in [1.54, 1.807) is 0 Å². The zero-order valence-corrected chi connectivity index (χ0v) is 13.2. The van der Waals surface area contributed by atoms with Crippen LogP contribution in [0.3, 0.4) is 0 Å². The van der Waals surface area contributed by atoms with Crippen molar-refractivity contribution in [1.82, 2.24) is 5.32 Å². The molecule has 20 heavy (non-hydrogen) atoms. The van der Waals surface area contributed by atoms with Gasteiger partial charge in [-0.25, -0.2) is 0 Å². The number of benzene rings is 1. The van der Waals surface area contributed by atoms with Gasteiger partial charge >= 0.3 is 0 Å². The quantitative estimate of drug-likeness (QED) is 0.778. The highest BCUT2D eigenvalue weighted by atomic mass is 16.5. The van der Waals surface area contributed by atoms with Crippen LogP contribution in [0.4, 0.5) is 0 Å². The lowest BCUT2D eigenvalue weighted by Gasteiger charge is -2.30. The average Bonchev–Trinajstić information content (AvgIpc) is 2.95. The van der Waals surface area contributed by atoms with E-state index in [1.807, 2.05) is 6.92 Å². The Balaban J connectivity index is 1.89. The van der Waals surface area contributed by atoms with Crippen LogP contribution in [0.15, 0.2) is 24.3 Å². The van der Waals surface area contributed by atoms with E-state index in [0.717, 1.165) is 18.9 Å². The van der Waals surface area contributed by atoms with Gasteiger partial charge in [-0.2, -0.15) is 0 Å². The maximum atomic E-state index is 5.49. The van der Waals surface area contributed by atoms with E-state index < -0.39 is 0 Å². The molecule has 2 nitrogen and oxygen atoms in total. The maximum absolute atomic E-state index is 5.49. The van der Waals surface area contributed by atoms with Crippen LogP contribution in [-0.4, -0.2) is 13.2 Å². The molecule has 1 fully saturated rings. The Hall–Kier alpha value is -1.02. The first-order valence-electron chi connectivity index (χ1n) is 8.15. The van der Waals surface area contributed by atoms with Gasteiger partial charge in [-0.3, -0.25) is 0 Å². The first-order chi connectivity index (χ1) is 9.69. The number of hydrogen-bond donors (Lipinski definition) is 1. The summed E-state index contributed by atoms with van der Waals surface area (Å²) in [5, 5.41) is 3.74. The first-order valence-corrected chi connectivity index (χ1v) is 8.15. The van der Waals surface area contributed by atoms with Crippen molar-refractivity contribution < 1.29 is 4.74 Å². The van der Waals surface area contributed by atoms with Gasteiger partial charge in [0.1, 0.15) is 5.75 Å². The Morgan fingerprint density at radius 2 is 1.80 bits per heavy atom. The predicted molar refractivity (Wildman–Crippen MR) is 85.2 cm³/mol. The van der Waals surface area contributed by atoms with Gasteiger partial charge in [0.2, 0.25) is 0 Å². The Labute approximate surface area is 123 Å². The summed E-state index contributed by atoms with van der Waals surface area (Å²) in [6, 6.07) is 8.91. The zero-order chi connectivity index (χ0) is 14.4. The molecular weight excluding hydrogens is 246 g/mol. The van der Waals surface area contributed by atoms with E-state index in [-0.39, 0.29) is 0 Å². The standard InChI is InChI=1S/C18H29NO/c1-4-18(12-6-7-13-18)14-19-15(3)16-8-10-17(11-9-16)20-5-2/h8-11,15,19H,4-7,12-14H2,1-3H3. The highest BCUT2D eigenvalue weighted by Crippen LogP contribution is 2.40. The van der Waals surface area contributed by atoms with Crippen molar-refractivity contribution in [3.8, 4) is 5.75 Å². The smallest absolute Gasteiger partial charge is 0.119 e. The summed E-state index contributed by atoms with van der Waals surface area (Å²) in [7, 11) is 0. The fourth-order valence-corrected chi connectivity index (χ4v) is 3.29. The minimum atomic E-state index is 0.412. The van der Waals surface area contributed by atoms with Gasteiger partial charge in [-0.15, -0.1) is 0 Å². The largest absolute Gasteiger partial charge is 0.494 e. The van der Waals surface area contributed by atoms with E-state index in [2.05, 4.69) is 43.4 Å². The summed E-state index contributed by atoms with van der Waals surface area (Å²) in [6.07, 6.45) is 6.91. The molecule has 0 heterocycles. The van der Waals surface area contributed by atoms with Crippen molar-refractivity contribution in [3.63, 3.8) is 0 Å². The molecule has 2 heteroatoms. The monoisotopic (exact) mass is 275 g/mol. The minimum absolute atomic E-state index is 0.412. The van der Waals surface area contributed by atoms with Crippen LogP contribution in [0.25, 0.3) is 0 Å². The van der Waals surface area contributed by atoms with Crippen LogP contribution in [-0.2, 0) is 0 Å². The molecule has 112 valence electrons. The van der Waals surface area contributed by atoms with Crippen LogP contribution >= 0.6 is 0 Å². The number of rotatable bonds is 7. The summed E-state index contributed by atoms with van der Waals surface area (Å²) in [6.45, 7) is 8.50. The van der Waals surface area contributed by atoms with E-state index in [4.69, 9.17) is 4.74 Å². The molecule has 0 saturated heterocycles. The number of hydrogen-bond acceptors (Lipinski definition) is 2. The summed E-state index contributed by atoms with van der Waals surface area (Å²) in [4.78, 5) is 0. The normalized spacial score (nSPS) is 18.9. The zero-order valence-electron chi connectivity index (χ0n) is 13.2. The second-order valence-electron chi connectivity index (χ2n) is 6.17. The van der Waals surface area contributed by atoms with Crippen molar-refractivity contribution in [1.29, 1.82) is 0 Å². The molecule has 1 aromatic rings. The van der Waals surface area contributed by atoms with E-state index >= 15 is 0 Å². The molecule has 0 spiro atoms. The van der Waals surface area contributed by atoms with Gasteiger partial charge in [-0.1, -0.05) is 31.9 Å². The van der Waals surface area contributed by atoms with Crippen LogP contribution in [0.2, 0.25) is 0 Å². The van der Waals surface area contributed by atoms with Crippen molar-refractivity contribution in [2.75, 3.05) is 13.2 Å². The molecule has 1 N–H and O–H groups in total. The Kier molecular flexibility index (Phi) is 5.47. The van der Waals surface area contributed by atoms with Crippen molar-refractivity contribution >= 4 is 0 Å². The molecule has 0 radical (unpaired) electrons. The molecule has 2 rings (SSSR count). The second-order valence-corrected chi connectivity index (χ2v) is 6.17. The Bertz CT molecular complexity index is 392. The minimum Gasteiger partial charge on any atom is -0.494 e. The topological polar surface area (TPSA) is 21.3 Å². The summed E-state index contributed by atoms with van der Waals surface area (Å²) >= 11 is 0. The van der Waals surface area contributed by atoms with Crippen LogP contribution in [0.5, 0.6) is 5.75 Å². The highest BCUT2D eigenvalue weighted by molar-refractivity contribution is 5.28. The molecule has 1 atom stereocenters. The summed E-state index contributed by atoms with van der Waals surface area (Å²) < 4.78 is 5.49. The van der Waals surface area contributed by atoms with E-state index in [1.165, 1.54) is 37.7 Å². The Morgan fingerprint density at radius 3 is 2.35 bits per heavy atom. The van der Waals surface area contributed by atoms with Gasteiger partial charge in [-0.05, 0) is 56.2 Å². The van der Waals surface area contributed by atoms with Crippen molar-refractivity contribution in [2.24, 2.45) is 5.41 Å². The first kappa shape index (κ1) is 15.4. The summed E-state index contributed by atoms with van der Waals surface area (Å²) in [5.41, 5.74) is 1.90.